The number of nitro groups is 1. The number of rotatable bonds is 4. The van der Waals surface area contributed by atoms with Gasteiger partial charge in [0.25, 0.3) is 5.91 Å². The van der Waals surface area contributed by atoms with E-state index in [2.05, 4.69) is 0 Å². The molecular formula is C6H7N3O3S. The van der Waals surface area contributed by atoms with Crippen LogP contribution >= 0.6 is 11.8 Å². The van der Waals surface area contributed by atoms with Crippen molar-refractivity contribution in [1.82, 2.24) is 0 Å². The zero-order chi connectivity index (χ0) is 10.4. The molecule has 0 unspecified atom stereocenters. The van der Waals surface area contributed by atoms with Gasteiger partial charge in [-0.25, -0.2) is 0 Å². The summed E-state index contributed by atoms with van der Waals surface area (Å²) in [5.41, 5.74) is 4.50. The number of hydrogen-bond donors (Lipinski definition) is 1. The summed E-state index contributed by atoms with van der Waals surface area (Å²) < 4.78 is 0. The van der Waals surface area contributed by atoms with E-state index in [1.54, 1.807) is 6.26 Å². The van der Waals surface area contributed by atoms with Crippen LogP contribution < -0.4 is 5.73 Å². The fourth-order valence-electron chi connectivity index (χ4n) is 0.618. The Kier molecular flexibility index (Phi) is 4.54. The number of amides is 1. The first-order valence-corrected chi connectivity index (χ1v) is 4.34. The van der Waals surface area contributed by atoms with Crippen molar-refractivity contribution in [3.05, 3.63) is 20.6 Å². The van der Waals surface area contributed by atoms with E-state index in [4.69, 9.17) is 11.0 Å². The van der Waals surface area contributed by atoms with Crippen LogP contribution in [0.5, 0.6) is 0 Å². The Hall–Kier alpha value is -1.55. The van der Waals surface area contributed by atoms with Crippen LogP contribution in [0.2, 0.25) is 0 Å². The van der Waals surface area contributed by atoms with E-state index in [0.29, 0.717) is 0 Å². The minimum atomic E-state index is -0.936. The van der Waals surface area contributed by atoms with Gasteiger partial charge in [0, 0.05) is 4.92 Å². The molecule has 1 amide bonds. The summed E-state index contributed by atoms with van der Waals surface area (Å²) in [6.45, 7) is -0.549. The van der Waals surface area contributed by atoms with Crippen LogP contribution in [0, 0.1) is 21.4 Å². The molecule has 0 saturated heterocycles. The summed E-state index contributed by atoms with van der Waals surface area (Å²) in [5, 5.41) is 18.6. The molecule has 0 saturated carbocycles. The first-order chi connectivity index (χ1) is 6.02. The van der Waals surface area contributed by atoms with Crippen molar-refractivity contribution >= 4 is 17.7 Å². The average molecular weight is 201 g/mol. The van der Waals surface area contributed by atoms with Crippen LogP contribution in [0.25, 0.3) is 0 Å². The Morgan fingerprint density at radius 1 is 1.77 bits per heavy atom. The number of primary amides is 1. The lowest BCUT2D eigenvalue weighted by Gasteiger charge is -1.99. The van der Waals surface area contributed by atoms with Crippen molar-refractivity contribution in [3.63, 3.8) is 0 Å². The predicted octanol–water partition coefficient (Wildman–Crippen LogP) is -0.111. The molecule has 0 aromatic heterocycles. The molecule has 0 bridgehead atoms. The van der Waals surface area contributed by atoms with E-state index >= 15 is 0 Å². The Morgan fingerprint density at radius 3 is 2.54 bits per heavy atom. The van der Waals surface area contributed by atoms with Crippen LogP contribution in [-0.2, 0) is 4.79 Å². The molecule has 6 nitrogen and oxygen atoms in total. The Balaban J connectivity index is 4.97. The lowest BCUT2D eigenvalue weighted by atomic mass is 10.2. The molecule has 7 heteroatoms. The topological polar surface area (TPSA) is 110 Å². The molecule has 0 spiro atoms. The molecular weight excluding hydrogens is 194 g/mol. The Morgan fingerprint density at radius 2 is 2.31 bits per heavy atom. The van der Waals surface area contributed by atoms with Gasteiger partial charge in [-0.3, -0.25) is 14.9 Å². The predicted molar refractivity (Wildman–Crippen MR) is 47.2 cm³/mol. The fourth-order valence-corrected chi connectivity index (χ4v) is 1.20. The summed E-state index contributed by atoms with van der Waals surface area (Å²) in [5.74, 6) is -0.936. The van der Waals surface area contributed by atoms with Crippen molar-refractivity contribution < 1.29 is 9.72 Å². The number of hydrogen-bond acceptors (Lipinski definition) is 5. The lowest BCUT2D eigenvalue weighted by molar-refractivity contribution is -0.469. The number of thioether (sulfide) groups is 1. The smallest absolute Gasteiger partial charge is 0.260 e. The number of nitrogens with two attached hydrogens (primary N) is 1. The van der Waals surface area contributed by atoms with Crippen LogP contribution in [-0.4, -0.2) is 23.6 Å². The van der Waals surface area contributed by atoms with Gasteiger partial charge in [0.2, 0.25) is 6.54 Å². The van der Waals surface area contributed by atoms with Gasteiger partial charge in [-0.1, -0.05) is 0 Å². The van der Waals surface area contributed by atoms with Gasteiger partial charge in [0.15, 0.2) is 0 Å². The molecule has 0 aliphatic heterocycles. The van der Waals surface area contributed by atoms with Crippen LogP contribution in [0.1, 0.15) is 0 Å². The summed E-state index contributed by atoms with van der Waals surface area (Å²) in [6.07, 6.45) is 1.54. The van der Waals surface area contributed by atoms with E-state index in [1.165, 1.54) is 6.07 Å². The van der Waals surface area contributed by atoms with Gasteiger partial charge in [-0.15, -0.1) is 11.8 Å². The zero-order valence-corrected chi connectivity index (χ0v) is 7.63. The number of nitriles is 1. The normalized spacial score (nSPS) is 11.4. The largest absolute Gasteiger partial charge is 0.365 e. The van der Waals surface area contributed by atoms with E-state index in [1.807, 2.05) is 0 Å². The van der Waals surface area contributed by atoms with Crippen molar-refractivity contribution in [2.24, 2.45) is 5.73 Å². The second kappa shape index (κ2) is 5.16. The van der Waals surface area contributed by atoms with Crippen molar-refractivity contribution in [1.29, 1.82) is 5.26 Å². The quantitative estimate of drug-likeness (QED) is 0.295. The summed E-state index contributed by atoms with van der Waals surface area (Å²) >= 11 is 0.974. The zero-order valence-electron chi connectivity index (χ0n) is 6.81. The van der Waals surface area contributed by atoms with Gasteiger partial charge in [0.05, 0.1) is 4.91 Å². The van der Waals surface area contributed by atoms with Crippen LogP contribution in [0.15, 0.2) is 10.5 Å². The van der Waals surface area contributed by atoms with Gasteiger partial charge in [-0.05, 0) is 6.26 Å². The molecule has 70 valence electrons. The van der Waals surface area contributed by atoms with E-state index in [9.17, 15) is 14.9 Å². The number of nitrogens with zero attached hydrogens (tertiary/aromatic N) is 2. The fraction of sp³-hybridized carbons (Fsp3) is 0.333. The molecule has 0 rings (SSSR count). The maximum atomic E-state index is 10.6. The van der Waals surface area contributed by atoms with Crippen molar-refractivity contribution in [2.45, 2.75) is 0 Å². The first kappa shape index (κ1) is 11.4. The molecule has 2 N–H and O–H groups in total. The summed E-state index contributed by atoms with van der Waals surface area (Å²) in [6, 6.07) is 1.54. The van der Waals surface area contributed by atoms with E-state index in [0.717, 1.165) is 11.8 Å². The maximum Gasteiger partial charge on any atom is 0.260 e. The number of carbonyl (C=O) groups is 1. The van der Waals surface area contributed by atoms with Crippen molar-refractivity contribution in [2.75, 3.05) is 12.8 Å². The summed E-state index contributed by atoms with van der Waals surface area (Å²) in [4.78, 5) is 20.2. The molecule has 0 aromatic carbocycles. The molecule has 0 heterocycles. The molecule has 0 radical (unpaired) electrons. The monoisotopic (exact) mass is 201 g/mol. The molecule has 13 heavy (non-hydrogen) atoms. The van der Waals surface area contributed by atoms with Gasteiger partial charge < -0.3 is 5.73 Å². The third-order valence-electron chi connectivity index (χ3n) is 1.16. The second-order valence-electron chi connectivity index (χ2n) is 1.97. The van der Waals surface area contributed by atoms with Gasteiger partial charge >= 0.3 is 0 Å². The minimum absolute atomic E-state index is 0.0833. The lowest BCUT2D eigenvalue weighted by Crippen LogP contribution is -2.16. The summed E-state index contributed by atoms with van der Waals surface area (Å²) in [7, 11) is 0. The minimum Gasteiger partial charge on any atom is -0.365 e. The maximum absolute atomic E-state index is 10.6. The highest BCUT2D eigenvalue weighted by molar-refractivity contribution is 8.02. The van der Waals surface area contributed by atoms with Gasteiger partial charge in [-0.2, -0.15) is 5.26 Å². The highest BCUT2D eigenvalue weighted by Crippen LogP contribution is 2.16. The molecule has 0 aliphatic carbocycles. The van der Waals surface area contributed by atoms with Crippen LogP contribution in [0.3, 0.4) is 0 Å². The first-order valence-electron chi connectivity index (χ1n) is 3.11. The highest BCUT2D eigenvalue weighted by atomic mass is 32.2. The number of carbonyl (C=O) groups excluding carboxylic acids is 1. The highest BCUT2D eigenvalue weighted by Gasteiger charge is 2.15. The van der Waals surface area contributed by atoms with Crippen LogP contribution in [0.4, 0.5) is 0 Å². The molecule has 0 aliphatic rings. The SMILES string of the molecule is CS/C(C[N+](=O)[O-])=C(\C#N)C(N)=O. The van der Waals surface area contributed by atoms with E-state index in [-0.39, 0.29) is 10.5 Å². The Labute approximate surface area is 78.5 Å². The molecule has 0 fully saturated rings. The van der Waals surface area contributed by atoms with Gasteiger partial charge in [0.1, 0.15) is 11.6 Å². The standard InChI is InChI=1S/C6H7N3O3S/c1-13-5(3-9(11)12)4(2-7)6(8)10/h3H2,1H3,(H2,8,10)/b5-4+. The molecule has 0 atom stereocenters. The third kappa shape index (κ3) is 3.57. The van der Waals surface area contributed by atoms with E-state index < -0.39 is 17.4 Å². The van der Waals surface area contributed by atoms with Crippen molar-refractivity contribution in [3.8, 4) is 6.07 Å². The second-order valence-corrected chi connectivity index (χ2v) is 2.87. The third-order valence-corrected chi connectivity index (χ3v) is 1.98. The average Bonchev–Trinajstić information content (AvgIpc) is 2.02. The Bertz CT molecular complexity index is 305. The molecule has 0 aromatic rings.